The third-order valence-electron chi connectivity index (χ3n) is 5.41. The smallest absolute Gasteiger partial charge is 0.162 e. The summed E-state index contributed by atoms with van der Waals surface area (Å²) in [6, 6.07) is 13.4. The van der Waals surface area contributed by atoms with Gasteiger partial charge < -0.3 is 9.73 Å². The maximum Gasteiger partial charge on any atom is 0.162 e. The number of furan rings is 1. The van der Waals surface area contributed by atoms with Crippen molar-refractivity contribution in [1.82, 2.24) is 5.32 Å². The Kier molecular flexibility index (Phi) is 4.44. The SMILES string of the molecule is CC1=C(C#N)C(c2ccc(-c3ccccc3Cl)o2)C2=C(CC(C)(C)CC2=O)N1. The van der Waals surface area contributed by atoms with Crippen LogP contribution in [0.15, 0.2) is 63.4 Å². The topological polar surface area (TPSA) is 66.0 Å². The van der Waals surface area contributed by atoms with E-state index in [1.165, 1.54) is 0 Å². The monoisotopic (exact) mass is 392 g/mol. The van der Waals surface area contributed by atoms with Gasteiger partial charge in [-0.3, -0.25) is 4.79 Å². The van der Waals surface area contributed by atoms with E-state index in [1.807, 2.05) is 43.3 Å². The van der Waals surface area contributed by atoms with Gasteiger partial charge >= 0.3 is 0 Å². The predicted octanol–water partition coefficient (Wildman–Crippen LogP) is 5.73. The number of ketones is 1. The van der Waals surface area contributed by atoms with Gasteiger partial charge in [0.05, 0.1) is 22.6 Å². The maximum absolute atomic E-state index is 13.0. The van der Waals surface area contributed by atoms with E-state index < -0.39 is 5.92 Å². The van der Waals surface area contributed by atoms with Crippen molar-refractivity contribution in [3.63, 3.8) is 0 Å². The summed E-state index contributed by atoms with van der Waals surface area (Å²) in [4.78, 5) is 13.0. The van der Waals surface area contributed by atoms with Crippen LogP contribution in [0.25, 0.3) is 11.3 Å². The Morgan fingerprint density at radius 1 is 1.21 bits per heavy atom. The third-order valence-corrected chi connectivity index (χ3v) is 5.74. The molecule has 2 aromatic rings. The highest BCUT2D eigenvalue weighted by Gasteiger charge is 2.42. The zero-order valence-electron chi connectivity index (χ0n) is 16.1. The summed E-state index contributed by atoms with van der Waals surface area (Å²) in [5.74, 6) is 0.800. The molecule has 1 N–H and O–H groups in total. The molecule has 0 amide bonds. The molecule has 5 heteroatoms. The van der Waals surface area contributed by atoms with Crippen LogP contribution in [0.3, 0.4) is 0 Å². The van der Waals surface area contributed by atoms with Crippen molar-refractivity contribution in [2.75, 3.05) is 0 Å². The van der Waals surface area contributed by atoms with Crippen LogP contribution in [0.5, 0.6) is 0 Å². The van der Waals surface area contributed by atoms with E-state index in [-0.39, 0.29) is 11.2 Å². The zero-order valence-corrected chi connectivity index (χ0v) is 16.9. The number of carbonyl (C=O) groups is 1. The summed E-state index contributed by atoms with van der Waals surface area (Å²) in [5, 5.41) is 13.7. The summed E-state index contributed by atoms with van der Waals surface area (Å²) < 4.78 is 6.14. The van der Waals surface area contributed by atoms with Crippen LogP contribution in [0.1, 0.15) is 45.3 Å². The molecule has 0 bridgehead atoms. The molecule has 0 saturated carbocycles. The van der Waals surface area contributed by atoms with Gasteiger partial charge in [0.15, 0.2) is 5.78 Å². The van der Waals surface area contributed by atoms with Gasteiger partial charge in [-0.1, -0.05) is 37.6 Å². The second-order valence-corrected chi connectivity index (χ2v) is 8.63. The molecule has 28 heavy (non-hydrogen) atoms. The maximum atomic E-state index is 13.0. The van der Waals surface area contributed by atoms with Crippen LogP contribution < -0.4 is 5.32 Å². The third kappa shape index (κ3) is 3.06. The van der Waals surface area contributed by atoms with E-state index in [2.05, 4.69) is 25.2 Å². The standard InChI is InChI=1S/C23H21ClN2O2/c1-13-15(12-25)21(22-17(26-13)10-23(2,3)11-18(22)27)20-9-8-19(28-20)14-6-4-5-7-16(14)24/h4-9,21,26H,10-11H2,1-3H3. The lowest BCUT2D eigenvalue weighted by Gasteiger charge is -2.38. The van der Waals surface area contributed by atoms with E-state index in [1.54, 1.807) is 0 Å². The number of carbonyl (C=O) groups excluding carboxylic acids is 1. The Labute approximate surface area is 169 Å². The summed E-state index contributed by atoms with van der Waals surface area (Å²) in [7, 11) is 0. The molecule has 4 nitrogen and oxygen atoms in total. The molecule has 1 aromatic heterocycles. The first-order valence-corrected chi connectivity index (χ1v) is 9.67. The molecule has 1 atom stereocenters. The predicted molar refractivity (Wildman–Crippen MR) is 108 cm³/mol. The van der Waals surface area contributed by atoms with Gasteiger partial charge in [0.1, 0.15) is 11.5 Å². The van der Waals surface area contributed by atoms with Gasteiger partial charge in [-0.2, -0.15) is 5.26 Å². The van der Waals surface area contributed by atoms with Gasteiger partial charge in [-0.05, 0) is 43.0 Å². The molecular weight excluding hydrogens is 372 g/mol. The van der Waals surface area contributed by atoms with E-state index >= 15 is 0 Å². The molecule has 0 fully saturated rings. The number of nitrogens with zero attached hydrogens (tertiary/aromatic N) is 1. The lowest BCUT2D eigenvalue weighted by Crippen LogP contribution is -2.36. The van der Waals surface area contributed by atoms with Crippen molar-refractivity contribution in [2.45, 2.75) is 39.5 Å². The van der Waals surface area contributed by atoms with Crippen LogP contribution in [-0.4, -0.2) is 5.78 Å². The van der Waals surface area contributed by atoms with Crippen LogP contribution in [0.4, 0.5) is 0 Å². The number of benzene rings is 1. The van der Waals surface area contributed by atoms with Crippen LogP contribution in [0, 0.1) is 16.7 Å². The minimum Gasteiger partial charge on any atom is -0.460 e. The Balaban J connectivity index is 1.84. The number of nitrogens with one attached hydrogen (secondary N) is 1. The molecule has 0 spiro atoms. The highest BCUT2D eigenvalue weighted by Crippen LogP contribution is 2.47. The average Bonchev–Trinajstić information content (AvgIpc) is 3.09. The number of hydrogen-bond donors (Lipinski definition) is 1. The van der Waals surface area contributed by atoms with Crippen molar-refractivity contribution in [3.05, 3.63) is 69.7 Å². The van der Waals surface area contributed by atoms with E-state index in [9.17, 15) is 10.1 Å². The van der Waals surface area contributed by atoms with Crippen molar-refractivity contribution in [1.29, 1.82) is 5.26 Å². The van der Waals surface area contributed by atoms with Gasteiger partial charge in [0.25, 0.3) is 0 Å². The second-order valence-electron chi connectivity index (χ2n) is 8.22. The van der Waals surface area contributed by atoms with Gasteiger partial charge in [0.2, 0.25) is 0 Å². The first kappa shape index (κ1) is 18.6. The van der Waals surface area contributed by atoms with E-state index in [4.69, 9.17) is 16.0 Å². The van der Waals surface area contributed by atoms with Crippen LogP contribution in [0.2, 0.25) is 5.02 Å². The Morgan fingerprint density at radius 3 is 2.68 bits per heavy atom. The Hall–Kier alpha value is -2.77. The molecule has 142 valence electrons. The van der Waals surface area contributed by atoms with Crippen molar-refractivity contribution in [2.24, 2.45) is 5.41 Å². The molecule has 1 aliphatic heterocycles. The minimum absolute atomic E-state index is 0.0692. The molecule has 4 rings (SSSR count). The van der Waals surface area contributed by atoms with Gasteiger partial charge in [-0.15, -0.1) is 0 Å². The highest BCUT2D eigenvalue weighted by molar-refractivity contribution is 6.33. The van der Waals surface area contributed by atoms with Crippen LogP contribution >= 0.6 is 11.6 Å². The lowest BCUT2D eigenvalue weighted by molar-refractivity contribution is -0.118. The number of dihydropyridines is 1. The minimum atomic E-state index is -0.485. The molecule has 0 radical (unpaired) electrons. The molecule has 0 saturated heterocycles. The van der Waals surface area contributed by atoms with Gasteiger partial charge in [0, 0.05) is 29.0 Å². The summed E-state index contributed by atoms with van der Waals surface area (Å²) in [6.07, 6.45) is 1.22. The summed E-state index contributed by atoms with van der Waals surface area (Å²) in [6.45, 7) is 6.05. The Bertz CT molecular complexity index is 1080. The quantitative estimate of drug-likeness (QED) is 0.708. The number of hydrogen-bond acceptors (Lipinski definition) is 4. The van der Waals surface area contributed by atoms with Crippen molar-refractivity contribution < 1.29 is 9.21 Å². The fourth-order valence-electron chi connectivity index (χ4n) is 4.18. The molecule has 1 aliphatic carbocycles. The first-order chi connectivity index (χ1) is 13.3. The fraction of sp³-hybridized carbons (Fsp3) is 0.304. The van der Waals surface area contributed by atoms with Crippen LogP contribution in [-0.2, 0) is 4.79 Å². The van der Waals surface area contributed by atoms with Crippen molar-refractivity contribution in [3.8, 4) is 17.4 Å². The largest absolute Gasteiger partial charge is 0.460 e. The Morgan fingerprint density at radius 2 is 1.96 bits per heavy atom. The number of Topliss-reactive ketones (excluding diaryl/α,β-unsaturated/α-hetero) is 1. The molecule has 1 aromatic carbocycles. The normalized spacial score (nSPS) is 21.2. The molecule has 2 aliphatic rings. The average molecular weight is 393 g/mol. The highest BCUT2D eigenvalue weighted by atomic mass is 35.5. The van der Waals surface area contributed by atoms with Gasteiger partial charge in [-0.25, -0.2) is 0 Å². The molecule has 2 heterocycles. The molecular formula is C23H21ClN2O2. The van der Waals surface area contributed by atoms with Crippen molar-refractivity contribution >= 4 is 17.4 Å². The zero-order chi connectivity index (χ0) is 20.1. The summed E-state index contributed by atoms with van der Waals surface area (Å²) >= 11 is 6.30. The number of allylic oxidation sites excluding steroid dienone is 4. The molecule has 1 unspecified atom stereocenters. The number of rotatable bonds is 2. The number of halogens is 1. The van der Waals surface area contributed by atoms with E-state index in [0.29, 0.717) is 34.1 Å². The lowest BCUT2D eigenvalue weighted by atomic mass is 9.70. The summed E-state index contributed by atoms with van der Waals surface area (Å²) in [5.41, 5.74) is 3.53. The fourth-order valence-corrected chi connectivity index (χ4v) is 4.41. The van der Waals surface area contributed by atoms with E-state index in [0.717, 1.165) is 23.4 Å². The second kappa shape index (κ2) is 6.68. The first-order valence-electron chi connectivity index (χ1n) is 9.29. The number of nitriles is 1.